The Balaban J connectivity index is 2.47. The van der Waals surface area contributed by atoms with Crippen LogP contribution in [0.25, 0.3) is 0 Å². The zero-order valence-electron chi connectivity index (χ0n) is 16.6. The predicted octanol–water partition coefficient (Wildman–Crippen LogP) is 5.73. The maximum atomic E-state index is 6.91. The molecule has 140 valence electrons. The third-order valence-corrected chi connectivity index (χ3v) is 10.2. The molecule has 0 spiro atoms. The number of rotatable bonds is 7. The number of benzene rings is 2. The molecule has 1 nitrogen and oxygen atoms in total. The molecule has 0 aliphatic carbocycles. The molecular weight excluding hydrogens is 356 g/mol. The molecule has 26 heavy (non-hydrogen) atoms. The molecule has 0 heterocycles. The summed E-state index contributed by atoms with van der Waals surface area (Å²) in [6, 6.07) is 21.6. The SMILES string of the molecule is CC(C)(/C=C/Cl)CCO[Si](c1ccccc1)(c1ccccc1)C(C)(C)C. The monoisotopic (exact) mass is 386 g/mol. The second kappa shape index (κ2) is 8.56. The van der Waals surface area contributed by atoms with Gasteiger partial charge in [0.1, 0.15) is 0 Å². The fourth-order valence-corrected chi connectivity index (χ4v) is 8.39. The Hall–Kier alpha value is -1.35. The Morgan fingerprint density at radius 3 is 1.69 bits per heavy atom. The Labute approximate surface area is 165 Å². The van der Waals surface area contributed by atoms with Gasteiger partial charge in [0.2, 0.25) is 0 Å². The van der Waals surface area contributed by atoms with Gasteiger partial charge < -0.3 is 4.43 Å². The third kappa shape index (κ3) is 4.67. The summed E-state index contributed by atoms with van der Waals surface area (Å²) in [6.45, 7) is 12.0. The van der Waals surface area contributed by atoms with Crippen LogP contribution < -0.4 is 10.4 Å². The van der Waals surface area contributed by atoms with Crippen LogP contribution in [0.4, 0.5) is 0 Å². The van der Waals surface area contributed by atoms with E-state index in [-0.39, 0.29) is 10.5 Å². The van der Waals surface area contributed by atoms with Crippen molar-refractivity contribution in [3.63, 3.8) is 0 Å². The molecule has 0 aliphatic heterocycles. The highest BCUT2D eigenvalue weighted by atomic mass is 35.5. The van der Waals surface area contributed by atoms with Crippen molar-refractivity contribution >= 4 is 30.3 Å². The summed E-state index contributed by atoms with van der Waals surface area (Å²) in [5.41, 5.74) is 1.63. The lowest BCUT2D eigenvalue weighted by Crippen LogP contribution is -2.66. The van der Waals surface area contributed by atoms with Crippen LogP contribution in [0.2, 0.25) is 5.04 Å². The smallest absolute Gasteiger partial charge is 0.261 e. The van der Waals surface area contributed by atoms with Crippen LogP contribution in [0, 0.1) is 5.41 Å². The van der Waals surface area contributed by atoms with Gasteiger partial charge in [0, 0.05) is 12.1 Å². The van der Waals surface area contributed by atoms with E-state index >= 15 is 0 Å². The first-order valence-electron chi connectivity index (χ1n) is 9.26. The number of hydrogen-bond donors (Lipinski definition) is 0. The zero-order chi connectivity index (χ0) is 19.3. The maximum absolute atomic E-state index is 6.91. The Kier molecular flexibility index (Phi) is 6.90. The molecule has 0 saturated heterocycles. The van der Waals surface area contributed by atoms with Crippen molar-refractivity contribution < 1.29 is 4.43 Å². The van der Waals surface area contributed by atoms with Crippen molar-refractivity contribution in [1.29, 1.82) is 0 Å². The van der Waals surface area contributed by atoms with Gasteiger partial charge in [-0.05, 0) is 27.2 Å². The van der Waals surface area contributed by atoms with E-state index in [0.717, 1.165) is 6.42 Å². The van der Waals surface area contributed by atoms with Crippen LogP contribution in [0.15, 0.2) is 72.3 Å². The first kappa shape index (κ1) is 21.0. The molecule has 0 N–H and O–H groups in total. The minimum absolute atomic E-state index is 0.0160. The first-order chi connectivity index (χ1) is 12.2. The van der Waals surface area contributed by atoms with Crippen LogP contribution >= 0.6 is 11.6 Å². The molecule has 2 rings (SSSR count). The van der Waals surface area contributed by atoms with E-state index in [1.165, 1.54) is 10.4 Å². The largest absolute Gasteiger partial charge is 0.407 e. The van der Waals surface area contributed by atoms with Crippen molar-refractivity contribution in [2.75, 3.05) is 6.61 Å². The van der Waals surface area contributed by atoms with Gasteiger partial charge >= 0.3 is 0 Å². The van der Waals surface area contributed by atoms with Crippen LogP contribution in [-0.4, -0.2) is 14.9 Å². The summed E-state index contributed by atoms with van der Waals surface area (Å²) in [4.78, 5) is 0. The minimum atomic E-state index is -2.43. The number of halogens is 1. The van der Waals surface area contributed by atoms with Gasteiger partial charge in [0.05, 0.1) is 0 Å². The zero-order valence-corrected chi connectivity index (χ0v) is 18.4. The summed E-state index contributed by atoms with van der Waals surface area (Å²) < 4.78 is 6.91. The Morgan fingerprint density at radius 2 is 1.31 bits per heavy atom. The van der Waals surface area contributed by atoms with Crippen LogP contribution in [-0.2, 0) is 4.43 Å². The molecule has 0 unspecified atom stereocenters. The lowest BCUT2D eigenvalue weighted by atomic mass is 9.90. The van der Waals surface area contributed by atoms with Crippen LogP contribution in [0.3, 0.4) is 0 Å². The van der Waals surface area contributed by atoms with Gasteiger partial charge in [0.15, 0.2) is 0 Å². The topological polar surface area (TPSA) is 9.23 Å². The highest BCUT2D eigenvalue weighted by molar-refractivity contribution is 6.99. The standard InChI is InChI=1S/C23H31ClOSi/c1-22(2,3)26(20-12-8-6-9-13-20,21-14-10-7-11-15-21)25-19-17-23(4,5)16-18-24/h6-16,18H,17,19H2,1-5H3/b18-16+. The summed E-state index contributed by atoms with van der Waals surface area (Å²) in [7, 11) is -2.43. The van der Waals surface area contributed by atoms with Gasteiger partial charge in [-0.2, -0.15) is 0 Å². The van der Waals surface area contributed by atoms with Gasteiger partial charge in [-0.3, -0.25) is 0 Å². The quantitative estimate of drug-likeness (QED) is 0.552. The molecule has 2 aromatic rings. The van der Waals surface area contributed by atoms with Gasteiger partial charge in [-0.15, -0.1) is 0 Å². The van der Waals surface area contributed by atoms with Crippen molar-refractivity contribution in [3.05, 3.63) is 72.3 Å². The van der Waals surface area contributed by atoms with E-state index in [4.69, 9.17) is 16.0 Å². The van der Waals surface area contributed by atoms with E-state index in [1.54, 1.807) is 5.54 Å². The normalized spacial score (nSPS) is 13.3. The molecule has 0 amide bonds. The highest BCUT2D eigenvalue weighted by Crippen LogP contribution is 2.37. The van der Waals surface area contributed by atoms with Crippen LogP contribution in [0.1, 0.15) is 41.0 Å². The molecule has 2 aromatic carbocycles. The van der Waals surface area contributed by atoms with Gasteiger partial charge in [0.25, 0.3) is 8.32 Å². The predicted molar refractivity (Wildman–Crippen MR) is 117 cm³/mol. The molecule has 0 aliphatic rings. The summed E-state index contributed by atoms with van der Waals surface area (Å²) in [6.07, 6.45) is 2.98. The van der Waals surface area contributed by atoms with Crippen molar-refractivity contribution in [2.45, 2.75) is 46.1 Å². The van der Waals surface area contributed by atoms with Crippen LogP contribution in [0.5, 0.6) is 0 Å². The fraction of sp³-hybridized carbons (Fsp3) is 0.391. The summed E-state index contributed by atoms with van der Waals surface area (Å²) >= 11 is 5.81. The lowest BCUT2D eigenvalue weighted by molar-refractivity contribution is 0.247. The minimum Gasteiger partial charge on any atom is -0.407 e. The number of hydrogen-bond acceptors (Lipinski definition) is 1. The molecule has 3 heteroatoms. The average Bonchev–Trinajstić information content (AvgIpc) is 2.59. The van der Waals surface area contributed by atoms with E-state index in [0.29, 0.717) is 6.61 Å². The van der Waals surface area contributed by atoms with Gasteiger partial charge in [-0.25, -0.2) is 0 Å². The average molecular weight is 387 g/mol. The van der Waals surface area contributed by atoms with Crippen molar-refractivity contribution in [1.82, 2.24) is 0 Å². The number of allylic oxidation sites excluding steroid dienone is 1. The molecule has 0 saturated carbocycles. The molecule has 0 atom stereocenters. The fourth-order valence-electron chi connectivity index (χ4n) is 3.48. The summed E-state index contributed by atoms with van der Waals surface area (Å²) in [5.74, 6) is 0. The van der Waals surface area contributed by atoms with E-state index in [9.17, 15) is 0 Å². The molecule has 0 fully saturated rings. The molecule has 0 aromatic heterocycles. The van der Waals surface area contributed by atoms with Crippen molar-refractivity contribution in [2.24, 2.45) is 5.41 Å². The second-order valence-electron chi connectivity index (χ2n) is 8.54. The maximum Gasteiger partial charge on any atom is 0.261 e. The van der Waals surface area contributed by atoms with Crippen molar-refractivity contribution in [3.8, 4) is 0 Å². The highest BCUT2D eigenvalue weighted by Gasteiger charge is 2.50. The second-order valence-corrected chi connectivity index (χ2v) is 13.1. The molecule has 0 bridgehead atoms. The molecular formula is C23H31ClOSi. The molecule has 0 radical (unpaired) electrons. The van der Waals surface area contributed by atoms with E-state index in [1.807, 2.05) is 6.08 Å². The Bertz CT molecular complexity index is 662. The van der Waals surface area contributed by atoms with E-state index < -0.39 is 8.32 Å². The summed E-state index contributed by atoms with van der Waals surface area (Å²) in [5, 5.41) is 2.66. The van der Waals surface area contributed by atoms with Gasteiger partial charge in [-0.1, -0.05) is 113 Å². The van der Waals surface area contributed by atoms with E-state index in [2.05, 4.69) is 95.3 Å². The lowest BCUT2D eigenvalue weighted by Gasteiger charge is -2.43. The third-order valence-electron chi connectivity index (χ3n) is 5.00. The first-order valence-corrected chi connectivity index (χ1v) is 11.6. The Morgan fingerprint density at radius 1 is 0.846 bits per heavy atom.